The molecule has 2 aromatic heterocycles. The first-order chi connectivity index (χ1) is 33.2. The summed E-state index contributed by atoms with van der Waals surface area (Å²) in [5, 5.41) is 7.16. The van der Waals surface area contributed by atoms with E-state index in [9.17, 15) is 0 Å². The molecule has 312 valence electrons. The zero-order valence-corrected chi connectivity index (χ0v) is 37.2. The van der Waals surface area contributed by atoms with Crippen molar-refractivity contribution in [2.45, 2.75) is 0 Å². The zero-order chi connectivity index (χ0) is 44.3. The molecule has 0 saturated heterocycles. The Bertz CT molecular complexity index is 3990. The molecule has 2 nitrogen and oxygen atoms in total. The smallest absolute Gasteiger partial charge is 0.0979 e. The maximum Gasteiger partial charge on any atom is 0.0979 e. The maximum atomic E-state index is 5.29. The van der Waals surface area contributed by atoms with Crippen LogP contribution in [-0.4, -0.2) is 9.97 Å². The lowest BCUT2D eigenvalue weighted by molar-refractivity contribution is 1.31. The third-order valence-corrected chi connectivity index (χ3v) is 14.5. The summed E-state index contributed by atoms with van der Waals surface area (Å²) in [6, 6.07) is 85.8. The molecule has 0 fully saturated rings. The fraction of sp³-hybridized carbons (Fsp3) is 0. The second kappa shape index (κ2) is 16.2. The molecule has 13 rings (SSSR count). The first-order valence-corrected chi connectivity index (χ1v) is 23.6. The Labute approximate surface area is 392 Å². The topological polar surface area (TPSA) is 25.8 Å². The molecule has 2 heterocycles. The SMILES string of the molecule is c1ccc(-c2cccc(-c3ccc4sc5c(-c6ccccc6-c6ccc(-c7cnc8c9ccccc9c9ccccc9c8n7)cc6)cc(-c6cccc(-c7ccccc7)c6)cc5c4c3)c2)cc1. The van der Waals surface area contributed by atoms with Gasteiger partial charge >= 0.3 is 0 Å². The minimum Gasteiger partial charge on any atom is -0.252 e. The van der Waals surface area contributed by atoms with Crippen molar-refractivity contribution in [1.82, 2.24) is 9.97 Å². The van der Waals surface area contributed by atoms with Gasteiger partial charge in [0.1, 0.15) is 0 Å². The summed E-state index contributed by atoms with van der Waals surface area (Å²) in [5.41, 5.74) is 18.2. The average Bonchev–Trinajstić information content (AvgIpc) is 3.79. The zero-order valence-electron chi connectivity index (χ0n) is 36.4. The van der Waals surface area contributed by atoms with Crippen molar-refractivity contribution in [3.8, 4) is 78.0 Å². The number of thiophene rings is 1. The molecule has 0 atom stereocenters. The molecular weight excluding hydrogens is 829 g/mol. The molecule has 11 aromatic carbocycles. The minimum atomic E-state index is 0.858. The van der Waals surface area contributed by atoms with Gasteiger partial charge in [0, 0.05) is 42.1 Å². The van der Waals surface area contributed by atoms with Gasteiger partial charge < -0.3 is 0 Å². The number of nitrogens with zero attached hydrogens (tertiary/aromatic N) is 2. The van der Waals surface area contributed by atoms with E-state index in [0.29, 0.717) is 0 Å². The molecule has 13 aromatic rings. The highest BCUT2D eigenvalue weighted by Gasteiger charge is 2.19. The van der Waals surface area contributed by atoms with Gasteiger partial charge in [0.05, 0.1) is 22.9 Å². The van der Waals surface area contributed by atoms with E-state index in [-0.39, 0.29) is 0 Å². The van der Waals surface area contributed by atoms with Gasteiger partial charge in [0.2, 0.25) is 0 Å². The van der Waals surface area contributed by atoms with Crippen LogP contribution in [0.15, 0.2) is 243 Å². The normalized spacial score (nSPS) is 11.6. The molecule has 0 saturated carbocycles. The highest BCUT2D eigenvalue weighted by Crippen LogP contribution is 2.47. The van der Waals surface area contributed by atoms with Crippen molar-refractivity contribution >= 4 is 64.1 Å². The monoisotopic (exact) mass is 868 g/mol. The summed E-state index contributed by atoms with van der Waals surface area (Å²) in [4.78, 5) is 10.3. The van der Waals surface area contributed by atoms with Crippen molar-refractivity contribution in [2.24, 2.45) is 0 Å². The number of benzene rings is 11. The number of rotatable bonds is 7. The van der Waals surface area contributed by atoms with Gasteiger partial charge in [0.15, 0.2) is 0 Å². The fourth-order valence-electron chi connectivity index (χ4n) is 9.99. The quantitative estimate of drug-likeness (QED) is 0.149. The number of hydrogen-bond acceptors (Lipinski definition) is 3. The van der Waals surface area contributed by atoms with Crippen LogP contribution < -0.4 is 0 Å². The van der Waals surface area contributed by atoms with Crippen LogP contribution in [0, 0.1) is 0 Å². The molecule has 0 N–H and O–H groups in total. The van der Waals surface area contributed by atoms with Gasteiger partial charge in [-0.1, -0.05) is 200 Å². The summed E-state index contributed by atoms with van der Waals surface area (Å²) < 4.78 is 2.55. The Kier molecular flexibility index (Phi) is 9.40. The molecule has 67 heavy (non-hydrogen) atoms. The first kappa shape index (κ1) is 38.9. The van der Waals surface area contributed by atoms with E-state index in [1.165, 1.54) is 92.1 Å². The molecule has 0 aliphatic heterocycles. The Balaban J connectivity index is 0.950. The van der Waals surface area contributed by atoms with Crippen LogP contribution in [0.2, 0.25) is 0 Å². The van der Waals surface area contributed by atoms with Crippen LogP contribution in [0.1, 0.15) is 0 Å². The molecule has 0 aliphatic carbocycles. The first-order valence-electron chi connectivity index (χ1n) is 22.8. The van der Waals surface area contributed by atoms with E-state index in [1.807, 2.05) is 17.5 Å². The van der Waals surface area contributed by atoms with E-state index < -0.39 is 0 Å². The lowest BCUT2D eigenvalue weighted by Gasteiger charge is -2.15. The molecule has 0 spiro atoms. The average molecular weight is 869 g/mol. The summed E-state index contributed by atoms with van der Waals surface area (Å²) >= 11 is 1.88. The molecule has 0 radical (unpaired) electrons. The van der Waals surface area contributed by atoms with Crippen LogP contribution in [-0.2, 0) is 0 Å². The minimum absolute atomic E-state index is 0.858. The van der Waals surface area contributed by atoms with Crippen molar-refractivity contribution in [1.29, 1.82) is 0 Å². The Hall–Kier alpha value is -8.50. The van der Waals surface area contributed by atoms with Crippen LogP contribution >= 0.6 is 11.3 Å². The lowest BCUT2D eigenvalue weighted by Crippen LogP contribution is -1.92. The van der Waals surface area contributed by atoms with Crippen LogP contribution in [0.5, 0.6) is 0 Å². The summed E-state index contributed by atoms with van der Waals surface area (Å²) in [6.07, 6.45) is 1.92. The van der Waals surface area contributed by atoms with Gasteiger partial charge in [-0.2, -0.15) is 0 Å². The van der Waals surface area contributed by atoms with Crippen LogP contribution in [0.25, 0.3) is 131 Å². The van der Waals surface area contributed by atoms with E-state index in [0.717, 1.165) is 38.6 Å². The van der Waals surface area contributed by atoms with Gasteiger partial charge in [-0.3, -0.25) is 4.98 Å². The molecule has 0 unspecified atom stereocenters. The standard InChI is InChI=1S/C64H40N2S/c1-3-15-41(16-4-1)45-19-13-21-47(35-45)49-33-34-61-57(37-49)59-39-50(48-22-14-20-46(36-48)42-17-5-2-6-18-42)38-58(64(59)67-61)52-24-8-7-23-51(52)43-29-31-44(32-30-43)60-40-65-62-55-27-11-9-25-53(55)54-26-10-12-28-56(54)63(62)66-60/h1-40H. The molecule has 0 bridgehead atoms. The highest BCUT2D eigenvalue weighted by molar-refractivity contribution is 7.26. The van der Waals surface area contributed by atoms with Crippen LogP contribution in [0.4, 0.5) is 0 Å². The fourth-order valence-corrected chi connectivity index (χ4v) is 11.2. The highest BCUT2D eigenvalue weighted by atomic mass is 32.1. The number of hydrogen-bond donors (Lipinski definition) is 0. The Morgan fingerprint density at radius 2 is 0.746 bits per heavy atom. The lowest BCUT2D eigenvalue weighted by atomic mass is 9.90. The van der Waals surface area contributed by atoms with Crippen molar-refractivity contribution < 1.29 is 0 Å². The molecule has 3 heteroatoms. The van der Waals surface area contributed by atoms with Gasteiger partial charge in [0.25, 0.3) is 0 Å². The number of fused-ring (bicyclic) bond motifs is 9. The maximum absolute atomic E-state index is 5.29. The van der Waals surface area contributed by atoms with E-state index in [1.54, 1.807) is 0 Å². The van der Waals surface area contributed by atoms with Crippen molar-refractivity contribution in [2.75, 3.05) is 0 Å². The van der Waals surface area contributed by atoms with Gasteiger partial charge in [-0.05, 0) is 108 Å². The Morgan fingerprint density at radius 1 is 0.269 bits per heavy atom. The van der Waals surface area contributed by atoms with Crippen LogP contribution in [0.3, 0.4) is 0 Å². The second-order valence-corrected chi connectivity index (χ2v) is 18.3. The molecular formula is C64H40N2S. The summed E-state index contributed by atoms with van der Waals surface area (Å²) in [5.74, 6) is 0. The predicted molar refractivity (Wildman–Crippen MR) is 285 cm³/mol. The van der Waals surface area contributed by atoms with Crippen molar-refractivity contribution in [3.63, 3.8) is 0 Å². The van der Waals surface area contributed by atoms with E-state index >= 15 is 0 Å². The third kappa shape index (κ3) is 6.88. The Morgan fingerprint density at radius 3 is 1.40 bits per heavy atom. The second-order valence-electron chi connectivity index (χ2n) is 17.3. The predicted octanol–water partition coefficient (Wildman–Crippen LogP) is 18.0. The van der Waals surface area contributed by atoms with E-state index in [2.05, 4.69) is 237 Å². The number of aromatic nitrogens is 2. The summed E-state index contributed by atoms with van der Waals surface area (Å²) in [6.45, 7) is 0. The molecule has 0 aliphatic rings. The largest absolute Gasteiger partial charge is 0.252 e. The van der Waals surface area contributed by atoms with Gasteiger partial charge in [-0.25, -0.2) is 4.98 Å². The van der Waals surface area contributed by atoms with Gasteiger partial charge in [-0.15, -0.1) is 11.3 Å². The van der Waals surface area contributed by atoms with Crippen molar-refractivity contribution in [3.05, 3.63) is 243 Å². The summed E-state index contributed by atoms with van der Waals surface area (Å²) in [7, 11) is 0. The third-order valence-electron chi connectivity index (χ3n) is 13.3. The van der Waals surface area contributed by atoms with E-state index in [4.69, 9.17) is 9.97 Å². The molecule has 0 amide bonds.